The molecule has 0 aromatic heterocycles. The fourth-order valence-corrected chi connectivity index (χ4v) is 1.69. The summed E-state index contributed by atoms with van der Waals surface area (Å²) in [5.74, 6) is 0.501. The van der Waals surface area contributed by atoms with E-state index in [1.54, 1.807) is 0 Å². The Hall–Kier alpha value is -1.90. The van der Waals surface area contributed by atoms with Gasteiger partial charge in [-0.1, -0.05) is 0 Å². The number of rotatable bonds is 9. The van der Waals surface area contributed by atoms with E-state index in [2.05, 4.69) is 0 Å². The van der Waals surface area contributed by atoms with E-state index < -0.39 is 11.0 Å². The Bertz CT molecular complexity index is 480. The standard InChI is InChI=1S/C13H20N2O6/c1-3-20-7-10(16)8-21-13-5-11(15(17)18)9(6-14)4-12(13)19-2/h4-5,10,16H,3,6-8,14H2,1-2H3. The molecule has 1 aromatic rings. The largest absolute Gasteiger partial charge is 0.493 e. The molecule has 0 radical (unpaired) electrons. The summed E-state index contributed by atoms with van der Waals surface area (Å²) >= 11 is 0. The van der Waals surface area contributed by atoms with E-state index in [0.29, 0.717) is 17.9 Å². The summed E-state index contributed by atoms with van der Waals surface area (Å²) in [6.45, 7) is 2.37. The maximum Gasteiger partial charge on any atom is 0.277 e. The zero-order valence-corrected chi connectivity index (χ0v) is 12.1. The van der Waals surface area contributed by atoms with Crippen molar-refractivity contribution in [3.05, 3.63) is 27.8 Å². The number of methoxy groups -OCH3 is 1. The third kappa shape index (κ3) is 4.85. The first-order valence-electron chi connectivity index (χ1n) is 6.47. The predicted octanol–water partition coefficient (Wildman–Crippen LogP) is 0.838. The monoisotopic (exact) mass is 300 g/mol. The van der Waals surface area contributed by atoms with Crippen molar-refractivity contribution in [2.75, 3.05) is 26.9 Å². The zero-order chi connectivity index (χ0) is 15.8. The van der Waals surface area contributed by atoms with Gasteiger partial charge in [0.1, 0.15) is 12.7 Å². The van der Waals surface area contributed by atoms with Gasteiger partial charge in [-0.25, -0.2) is 0 Å². The number of aliphatic hydroxyl groups excluding tert-OH is 1. The summed E-state index contributed by atoms with van der Waals surface area (Å²) in [7, 11) is 1.42. The molecule has 0 aliphatic rings. The molecule has 0 aliphatic carbocycles. The molecule has 1 rings (SSSR count). The molecule has 0 amide bonds. The minimum Gasteiger partial charge on any atom is -0.493 e. The summed E-state index contributed by atoms with van der Waals surface area (Å²) in [5, 5.41) is 20.6. The lowest BCUT2D eigenvalue weighted by Crippen LogP contribution is -2.23. The minimum atomic E-state index is -0.831. The van der Waals surface area contributed by atoms with Gasteiger partial charge in [-0.3, -0.25) is 10.1 Å². The molecule has 0 spiro atoms. The van der Waals surface area contributed by atoms with E-state index in [1.165, 1.54) is 19.2 Å². The van der Waals surface area contributed by atoms with Crippen molar-refractivity contribution < 1.29 is 24.2 Å². The number of aliphatic hydroxyl groups is 1. The van der Waals surface area contributed by atoms with E-state index in [9.17, 15) is 15.2 Å². The Balaban J connectivity index is 2.89. The van der Waals surface area contributed by atoms with Gasteiger partial charge in [-0.15, -0.1) is 0 Å². The van der Waals surface area contributed by atoms with Crippen molar-refractivity contribution in [1.82, 2.24) is 0 Å². The Kier molecular flexibility index (Phi) is 6.86. The van der Waals surface area contributed by atoms with Crippen LogP contribution in [0.25, 0.3) is 0 Å². The van der Waals surface area contributed by atoms with Gasteiger partial charge in [0.2, 0.25) is 0 Å². The highest BCUT2D eigenvalue weighted by Gasteiger charge is 2.19. The Morgan fingerprint density at radius 1 is 1.38 bits per heavy atom. The molecule has 1 unspecified atom stereocenters. The van der Waals surface area contributed by atoms with E-state index in [0.717, 1.165) is 0 Å². The fraction of sp³-hybridized carbons (Fsp3) is 0.538. The number of benzene rings is 1. The minimum absolute atomic E-state index is 0.0138. The first-order chi connectivity index (χ1) is 10.0. The van der Waals surface area contributed by atoms with E-state index in [1.807, 2.05) is 6.92 Å². The highest BCUT2D eigenvalue weighted by molar-refractivity contribution is 5.54. The highest BCUT2D eigenvalue weighted by Crippen LogP contribution is 2.34. The van der Waals surface area contributed by atoms with Crippen LogP contribution in [0, 0.1) is 10.1 Å². The van der Waals surface area contributed by atoms with Crippen molar-refractivity contribution in [3.8, 4) is 11.5 Å². The van der Waals surface area contributed by atoms with Crippen LogP contribution in [-0.2, 0) is 11.3 Å². The van der Waals surface area contributed by atoms with Gasteiger partial charge in [0.05, 0.1) is 24.7 Å². The maximum atomic E-state index is 11.0. The van der Waals surface area contributed by atoms with Crippen LogP contribution in [0.15, 0.2) is 12.1 Å². The van der Waals surface area contributed by atoms with Crippen molar-refractivity contribution >= 4 is 5.69 Å². The number of nitrogens with two attached hydrogens (primary N) is 1. The summed E-state index contributed by atoms with van der Waals surface area (Å²) in [5.41, 5.74) is 5.68. The van der Waals surface area contributed by atoms with Gasteiger partial charge in [-0.05, 0) is 13.0 Å². The van der Waals surface area contributed by atoms with Crippen LogP contribution >= 0.6 is 0 Å². The lowest BCUT2D eigenvalue weighted by Gasteiger charge is -2.15. The first-order valence-corrected chi connectivity index (χ1v) is 6.47. The SMILES string of the molecule is CCOCC(O)COc1cc([N+](=O)[O-])c(CN)cc1OC. The molecule has 0 fully saturated rings. The number of nitro groups is 1. The molecule has 8 nitrogen and oxygen atoms in total. The molecule has 3 N–H and O–H groups in total. The number of ether oxygens (including phenoxy) is 3. The van der Waals surface area contributed by atoms with Crippen LogP contribution in [0.4, 0.5) is 5.69 Å². The smallest absolute Gasteiger partial charge is 0.277 e. The van der Waals surface area contributed by atoms with Gasteiger partial charge in [0.15, 0.2) is 11.5 Å². The molecule has 1 aromatic carbocycles. The van der Waals surface area contributed by atoms with Gasteiger partial charge >= 0.3 is 0 Å². The molecular formula is C13H20N2O6. The molecule has 0 saturated heterocycles. The van der Waals surface area contributed by atoms with Crippen LogP contribution in [0.5, 0.6) is 11.5 Å². The molecule has 0 saturated carbocycles. The average Bonchev–Trinajstić information content (AvgIpc) is 2.49. The molecule has 0 bridgehead atoms. The van der Waals surface area contributed by atoms with Gasteiger partial charge < -0.3 is 25.1 Å². The number of nitro benzene ring substituents is 1. The summed E-state index contributed by atoms with van der Waals surface area (Å²) in [6.07, 6.45) is -0.831. The summed E-state index contributed by atoms with van der Waals surface area (Å²) in [6, 6.07) is 2.71. The molecule has 1 atom stereocenters. The van der Waals surface area contributed by atoms with Crippen LogP contribution in [0.3, 0.4) is 0 Å². The quantitative estimate of drug-likeness (QED) is 0.512. The highest BCUT2D eigenvalue weighted by atomic mass is 16.6. The lowest BCUT2D eigenvalue weighted by molar-refractivity contribution is -0.385. The molecule has 0 heterocycles. The lowest BCUT2D eigenvalue weighted by atomic mass is 10.1. The Labute approximate surface area is 122 Å². The Morgan fingerprint density at radius 3 is 2.62 bits per heavy atom. The summed E-state index contributed by atoms with van der Waals surface area (Å²) in [4.78, 5) is 10.5. The van der Waals surface area contributed by atoms with Crippen molar-refractivity contribution in [2.45, 2.75) is 19.6 Å². The zero-order valence-electron chi connectivity index (χ0n) is 12.1. The summed E-state index contributed by atoms with van der Waals surface area (Å²) < 4.78 is 15.5. The van der Waals surface area contributed by atoms with Crippen molar-refractivity contribution in [1.29, 1.82) is 0 Å². The fourth-order valence-electron chi connectivity index (χ4n) is 1.69. The third-order valence-electron chi connectivity index (χ3n) is 2.73. The van der Waals surface area contributed by atoms with Gasteiger partial charge in [-0.2, -0.15) is 0 Å². The van der Waals surface area contributed by atoms with Crippen LogP contribution < -0.4 is 15.2 Å². The van der Waals surface area contributed by atoms with E-state index in [4.69, 9.17) is 19.9 Å². The van der Waals surface area contributed by atoms with Crippen LogP contribution in [0.2, 0.25) is 0 Å². The van der Waals surface area contributed by atoms with Crippen LogP contribution in [-0.4, -0.2) is 43.1 Å². The number of hydrogen-bond acceptors (Lipinski definition) is 7. The first kappa shape index (κ1) is 17.2. The predicted molar refractivity (Wildman–Crippen MR) is 75.5 cm³/mol. The molecular weight excluding hydrogens is 280 g/mol. The maximum absolute atomic E-state index is 11.0. The number of hydrogen-bond donors (Lipinski definition) is 2. The van der Waals surface area contributed by atoms with Crippen molar-refractivity contribution in [2.24, 2.45) is 5.73 Å². The second kappa shape index (κ2) is 8.40. The number of nitrogens with zero attached hydrogens (tertiary/aromatic N) is 1. The molecule has 8 heteroatoms. The van der Waals surface area contributed by atoms with Gasteiger partial charge in [0.25, 0.3) is 5.69 Å². The average molecular weight is 300 g/mol. The van der Waals surface area contributed by atoms with Crippen LogP contribution in [0.1, 0.15) is 12.5 Å². The van der Waals surface area contributed by atoms with Crippen molar-refractivity contribution in [3.63, 3.8) is 0 Å². The third-order valence-corrected chi connectivity index (χ3v) is 2.73. The molecule has 21 heavy (non-hydrogen) atoms. The second-order valence-electron chi connectivity index (χ2n) is 4.22. The molecule has 118 valence electrons. The normalized spacial score (nSPS) is 12.0. The van der Waals surface area contributed by atoms with Gasteiger partial charge in [0, 0.05) is 18.7 Å². The van der Waals surface area contributed by atoms with E-state index in [-0.39, 0.29) is 31.2 Å². The topological polar surface area (TPSA) is 117 Å². The molecule has 0 aliphatic heterocycles. The van der Waals surface area contributed by atoms with E-state index >= 15 is 0 Å². The Morgan fingerprint density at radius 2 is 2.10 bits per heavy atom. The second-order valence-corrected chi connectivity index (χ2v) is 4.22.